The number of phenols is 1. The second-order valence-electron chi connectivity index (χ2n) is 11.7. The number of aromatic hydroxyl groups is 1. The number of fused-ring (bicyclic) bond motifs is 4. The van der Waals surface area contributed by atoms with Gasteiger partial charge in [-0.3, -0.25) is 9.59 Å². The van der Waals surface area contributed by atoms with E-state index in [-0.39, 0.29) is 61.2 Å². The number of phenolic OH excluding ortho intramolecular Hbond substituents is 1. The Labute approximate surface area is 258 Å². The van der Waals surface area contributed by atoms with Crippen molar-refractivity contribution in [1.29, 1.82) is 0 Å². The van der Waals surface area contributed by atoms with Gasteiger partial charge in [0.05, 0.1) is 38.8 Å². The Morgan fingerprint density at radius 2 is 1.73 bits per heavy atom. The molecule has 3 saturated heterocycles. The van der Waals surface area contributed by atoms with E-state index in [1.807, 2.05) is 23.9 Å². The molecule has 2 aromatic rings. The Bertz CT molecular complexity index is 1480. The number of cyclic esters (lactones) is 1. The van der Waals surface area contributed by atoms with E-state index in [9.17, 15) is 19.5 Å². The van der Waals surface area contributed by atoms with Crippen molar-refractivity contribution < 1.29 is 47.9 Å². The number of nitrogens with one attached hydrogen (secondary N) is 2. The summed E-state index contributed by atoms with van der Waals surface area (Å²) in [5, 5.41) is 16.8. The molecule has 5 aliphatic rings. The van der Waals surface area contributed by atoms with Gasteiger partial charge in [-0.25, -0.2) is 4.79 Å². The number of methoxy groups -OCH3 is 2. The quantitative estimate of drug-likeness (QED) is 0.214. The number of urea groups is 1. The van der Waals surface area contributed by atoms with Crippen molar-refractivity contribution in [2.75, 3.05) is 33.4 Å². The van der Waals surface area contributed by atoms with Crippen LogP contribution in [0.4, 0.5) is 4.79 Å². The number of carbonyl (C=O) groups is 3. The van der Waals surface area contributed by atoms with Crippen molar-refractivity contribution in [2.24, 2.45) is 11.8 Å². The summed E-state index contributed by atoms with van der Waals surface area (Å²) in [5.74, 6) is -0.146. The molecular weight excluding hydrogens is 592 g/mol. The first-order valence-corrected chi connectivity index (χ1v) is 15.8. The van der Waals surface area contributed by atoms with Crippen molar-refractivity contribution in [3.63, 3.8) is 0 Å². The van der Waals surface area contributed by atoms with E-state index >= 15 is 0 Å². The molecule has 0 unspecified atom stereocenters. The van der Waals surface area contributed by atoms with E-state index in [2.05, 4.69) is 10.6 Å². The molecule has 2 aromatic carbocycles. The maximum absolute atomic E-state index is 13.3. The summed E-state index contributed by atoms with van der Waals surface area (Å²) in [7, 11) is 2.89. The van der Waals surface area contributed by atoms with Gasteiger partial charge in [0, 0.05) is 34.8 Å². The molecule has 0 bridgehead atoms. The van der Waals surface area contributed by atoms with Gasteiger partial charge >= 0.3 is 18.0 Å². The normalized spacial score (nSPS) is 29.2. The van der Waals surface area contributed by atoms with E-state index in [1.165, 1.54) is 14.2 Å². The molecule has 4 aliphatic heterocycles. The average molecular weight is 627 g/mol. The number of hydrogen-bond acceptors (Lipinski definition) is 11. The molecule has 3 N–H and O–H groups in total. The highest BCUT2D eigenvalue weighted by Gasteiger charge is 2.54. The van der Waals surface area contributed by atoms with Crippen LogP contribution in [0.2, 0.25) is 0 Å². The third-order valence-corrected chi connectivity index (χ3v) is 10.8. The maximum atomic E-state index is 13.3. The molecular formula is C31H34N2O10S. The highest BCUT2D eigenvalue weighted by atomic mass is 32.2. The van der Waals surface area contributed by atoms with Crippen LogP contribution >= 0.6 is 11.8 Å². The van der Waals surface area contributed by atoms with Gasteiger partial charge in [-0.15, -0.1) is 0 Å². The van der Waals surface area contributed by atoms with Crippen molar-refractivity contribution in [2.45, 2.75) is 55.0 Å². The van der Waals surface area contributed by atoms with Crippen molar-refractivity contribution in [1.82, 2.24) is 10.6 Å². The van der Waals surface area contributed by atoms with E-state index < -0.39 is 29.8 Å². The molecule has 1 aliphatic carbocycles. The molecule has 7 atom stereocenters. The predicted molar refractivity (Wildman–Crippen MR) is 156 cm³/mol. The maximum Gasteiger partial charge on any atom is 0.315 e. The number of ether oxygens (including phenoxy) is 6. The van der Waals surface area contributed by atoms with Crippen LogP contribution in [-0.4, -0.2) is 73.8 Å². The number of hydrogen-bond donors (Lipinski definition) is 3. The molecule has 0 saturated carbocycles. The minimum absolute atomic E-state index is 0.0593. The zero-order chi connectivity index (χ0) is 30.5. The van der Waals surface area contributed by atoms with Crippen LogP contribution in [0.5, 0.6) is 28.7 Å². The van der Waals surface area contributed by atoms with Crippen LogP contribution in [0.3, 0.4) is 0 Å². The summed E-state index contributed by atoms with van der Waals surface area (Å²) in [6.07, 6.45) is 1.87. The van der Waals surface area contributed by atoms with E-state index in [1.54, 1.807) is 12.1 Å². The highest BCUT2D eigenvalue weighted by Crippen LogP contribution is 2.56. The number of carbonyl (C=O) groups excluding carboxylic acids is 3. The van der Waals surface area contributed by atoms with Gasteiger partial charge in [0.15, 0.2) is 23.0 Å². The molecule has 13 heteroatoms. The van der Waals surface area contributed by atoms with Gasteiger partial charge in [-0.1, -0.05) is 6.42 Å². The van der Waals surface area contributed by atoms with Crippen molar-refractivity contribution in [3.8, 4) is 28.7 Å². The number of unbranched alkanes of at least 4 members (excludes halogenated alkanes) is 1. The van der Waals surface area contributed by atoms with Gasteiger partial charge in [0.25, 0.3) is 0 Å². The molecule has 7 rings (SSSR count). The lowest BCUT2D eigenvalue weighted by atomic mass is 9.66. The summed E-state index contributed by atoms with van der Waals surface area (Å²) < 4.78 is 33.9. The fourth-order valence-electron chi connectivity index (χ4n) is 7.21. The Kier molecular flexibility index (Phi) is 7.51. The zero-order valence-electron chi connectivity index (χ0n) is 24.3. The van der Waals surface area contributed by atoms with Gasteiger partial charge in [0.1, 0.15) is 6.10 Å². The summed E-state index contributed by atoms with van der Waals surface area (Å²) in [6.45, 7) is 0.156. The van der Waals surface area contributed by atoms with Gasteiger partial charge < -0.3 is 44.2 Å². The number of benzene rings is 2. The Morgan fingerprint density at radius 1 is 1.00 bits per heavy atom. The number of rotatable bonds is 9. The minimum Gasteiger partial charge on any atom is -0.502 e. The summed E-state index contributed by atoms with van der Waals surface area (Å²) in [4.78, 5) is 38.3. The number of amides is 2. The first kappa shape index (κ1) is 28.8. The molecule has 4 heterocycles. The van der Waals surface area contributed by atoms with Gasteiger partial charge in [-0.2, -0.15) is 11.8 Å². The lowest BCUT2D eigenvalue weighted by Crippen LogP contribution is -2.37. The smallest absolute Gasteiger partial charge is 0.315 e. The minimum atomic E-state index is -0.730. The van der Waals surface area contributed by atoms with Crippen LogP contribution in [0.1, 0.15) is 54.4 Å². The van der Waals surface area contributed by atoms with Crippen LogP contribution < -0.4 is 29.6 Å². The van der Waals surface area contributed by atoms with E-state index in [4.69, 9.17) is 28.4 Å². The standard InChI is InChI=1S/C31H34N2O10S/c1-38-21-7-14(8-22(39-2)28(21)35)25-15-9-19-20(42-13-41-19)10-16(15)29(17-11-40-30(36)26(17)25)43-24(34)6-4-3-5-23-27-18(12-44-23)32-31(37)33-27/h7-10,17-18,23,25-27,29,35H,3-6,11-13H2,1-2H3,(H2,32,33,37)/t17-,18+,23-,25+,26+,27+,29+/m0/s1. The Balaban J connectivity index is 1.14. The Morgan fingerprint density at radius 3 is 2.45 bits per heavy atom. The Hall–Kier alpha value is -4.00. The first-order chi connectivity index (χ1) is 21.4. The molecule has 2 amide bonds. The largest absolute Gasteiger partial charge is 0.502 e. The zero-order valence-corrected chi connectivity index (χ0v) is 25.1. The highest BCUT2D eigenvalue weighted by molar-refractivity contribution is 8.00. The SMILES string of the molecule is COc1cc([C@@H]2c3cc4c(cc3[C@@H](OC(=O)CCCC[C@@H]3SC[C@H]5NC(=O)N[C@@H]35)[C@H]3COC(=O)[C@@H]23)OCO4)cc(OC)c1O. The van der Waals surface area contributed by atoms with E-state index in [0.717, 1.165) is 29.7 Å². The third-order valence-electron chi connectivity index (χ3n) is 9.30. The van der Waals surface area contributed by atoms with Crippen molar-refractivity contribution >= 4 is 29.7 Å². The third kappa shape index (κ3) is 4.90. The van der Waals surface area contributed by atoms with Gasteiger partial charge in [0.2, 0.25) is 12.5 Å². The molecule has 0 aromatic heterocycles. The summed E-state index contributed by atoms with van der Waals surface area (Å²) in [5.41, 5.74) is 2.13. The van der Waals surface area contributed by atoms with Crippen LogP contribution in [0.15, 0.2) is 24.3 Å². The fourth-order valence-corrected chi connectivity index (χ4v) is 8.76. The number of thioether (sulfide) groups is 1. The average Bonchev–Trinajstić information content (AvgIpc) is 3.80. The molecule has 3 fully saturated rings. The van der Waals surface area contributed by atoms with Crippen LogP contribution in [0.25, 0.3) is 0 Å². The lowest BCUT2D eigenvalue weighted by molar-refractivity contribution is -0.154. The van der Waals surface area contributed by atoms with Gasteiger partial charge in [-0.05, 0) is 48.2 Å². The first-order valence-electron chi connectivity index (χ1n) is 14.8. The lowest BCUT2D eigenvalue weighted by Gasteiger charge is -2.38. The monoisotopic (exact) mass is 626 g/mol. The number of esters is 2. The topological polar surface area (TPSA) is 151 Å². The van der Waals surface area contributed by atoms with E-state index in [0.29, 0.717) is 28.7 Å². The summed E-state index contributed by atoms with van der Waals surface area (Å²) in [6, 6.07) is 7.22. The van der Waals surface area contributed by atoms with Crippen LogP contribution in [0, 0.1) is 11.8 Å². The molecule has 12 nitrogen and oxygen atoms in total. The summed E-state index contributed by atoms with van der Waals surface area (Å²) >= 11 is 1.85. The molecule has 0 spiro atoms. The molecule has 234 valence electrons. The predicted octanol–water partition coefficient (Wildman–Crippen LogP) is 3.38. The second kappa shape index (κ2) is 11.5. The van der Waals surface area contributed by atoms with Crippen LogP contribution in [-0.2, 0) is 19.1 Å². The van der Waals surface area contributed by atoms with Crippen molar-refractivity contribution in [3.05, 3.63) is 41.0 Å². The second-order valence-corrected chi connectivity index (χ2v) is 13.0. The molecule has 44 heavy (non-hydrogen) atoms. The molecule has 0 radical (unpaired) electrons. The fraction of sp³-hybridized carbons (Fsp3) is 0.516.